The summed E-state index contributed by atoms with van der Waals surface area (Å²) in [5, 5.41) is 12.4. The van der Waals surface area contributed by atoms with Crippen molar-refractivity contribution in [2.24, 2.45) is 5.92 Å². The molecule has 122 valence electrons. The Labute approximate surface area is 134 Å². The van der Waals surface area contributed by atoms with Crippen LogP contribution in [0, 0.1) is 5.92 Å². The second-order valence-corrected chi connectivity index (χ2v) is 6.50. The van der Waals surface area contributed by atoms with E-state index in [0.717, 1.165) is 11.1 Å². The zero-order valence-corrected chi connectivity index (χ0v) is 13.0. The monoisotopic (exact) mass is 316 g/mol. The maximum Gasteiger partial charge on any atom is 0.330 e. The molecule has 2 amide bonds. The lowest BCUT2D eigenvalue weighted by atomic mass is 9.91. The number of nitrogens with zero attached hydrogens (tertiary/aromatic N) is 1. The number of carbonyl (C=O) groups is 3. The molecule has 0 spiro atoms. The summed E-state index contributed by atoms with van der Waals surface area (Å²) in [5.41, 5.74) is 0.608. The van der Waals surface area contributed by atoms with Gasteiger partial charge in [-0.15, -0.1) is 0 Å². The van der Waals surface area contributed by atoms with Crippen molar-refractivity contribution in [2.45, 2.75) is 31.2 Å². The molecule has 1 aromatic carbocycles. The van der Waals surface area contributed by atoms with E-state index < -0.39 is 17.4 Å². The predicted octanol–water partition coefficient (Wildman–Crippen LogP) is 0.593. The number of hydrogen-bond donors (Lipinski definition) is 2. The first-order valence-corrected chi connectivity index (χ1v) is 7.77. The van der Waals surface area contributed by atoms with Gasteiger partial charge in [0.2, 0.25) is 11.8 Å². The molecule has 1 atom stereocenters. The maximum atomic E-state index is 12.5. The molecular weight excluding hydrogens is 296 g/mol. The molecule has 0 aromatic heterocycles. The summed E-state index contributed by atoms with van der Waals surface area (Å²) >= 11 is 0. The molecule has 0 bridgehead atoms. The van der Waals surface area contributed by atoms with Gasteiger partial charge in [0.05, 0.1) is 0 Å². The van der Waals surface area contributed by atoms with Crippen LogP contribution in [0.15, 0.2) is 24.3 Å². The Balaban J connectivity index is 1.76. The fourth-order valence-corrected chi connectivity index (χ4v) is 3.41. The molecule has 6 heteroatoms. The van der Waals surface area contributed by atoms with E-state index in [2.05, 4.69) is 5.32 Å². The minimum atomic E-state index is -1.30. The number of carboxylic acids is 1. The fourth-order valence-electron chi connectivity index (χ4n) is 3.41. The summed E-state index contributed by atoms with van der Waals surface area (Å²) < 4.78 is 0. The van der Waals surface area contributed by atoms with E-state index in [1.165, 1.54) is 0 Å². The SMILES string of the molecule is CN1CC[C@@H](C(=O)NC2(C(=O)O)Cc3ccccc3C2)CC1=O. The number of hydrogen-bond acceptors (Lipinski definition) is 3. The third-order valence-corrected chi connectivity index (χ3v) is 4.91. The van der Waals surface area contributed by atoms with Crippen molar-refractivity contribution < 1.29 is 19.5 Å². The molecule has 23 heavy (non-hydrogen) atoms. The van der Waals surface area contributed by atoms with E-state index >= 15 is 0 Å². The molecule has 0 radical (unpaired) electrons. The van der Waals surface area contributed by atoms with Gasteiger partial charge in [-0.2, -0.15) is 0 Å². The number of piperidine rings is 1. The van der Waals surface area contributed by atoms with Gasteiger partial charge in [0.25, 0.3) is 0 Å². The Morgan fingerprint density at radius 3 is 2.39 bits per heavy atom. The van der Waals surface area contributed by atoms with Gasteiger partial charge in [0.1, 0.15) is 5.54 Å². The van der Waals surface area contributed by atoms with Crippen LogP contribution in [0.5, 0.6) is 0 Å². The minimum Gasteiger partial charge on any atom is -0.479 e. The van der Waals surface area contributed by atoms with Crippen LogP contribution in [0.25, 0.3) is 0 Å². The van der Waals surface area contributed by atoms with Gasteiger partial charge in [0.15, 0.2) is 0 Å². The van der Waals surface area contributed by atoms with Gasteiger partial charge in [-0.1, -0.05) is 24.3 Å². The average molecular weight is 316 g/mol. The summed E-state index contributed by atoms with van der Waals surface area (Å²) in [6, 6.07) is 7.53. The third-order valence-electron chi connectivity index (χ3n) is 4.91. The first-order valence-electron chi connectivity index (χ1n) is 7.77. The second kappa shape index (κ2) is 5.68. The Hall–Kier alpha value is -2.37. The minimum absolute atomic E-state index is 0.0736. The van der Waals surface area contributed by atoms with Crippen molar-refractivity contribution >= 4 is 17.8 Å². The molecular formula is C17H20N2O4. The van der Waals surface area contributed by atoms with Crippen molar-refractivity contribution in [1.29, 1.82) is 0 Å². The van der Waals surface area contributed by atoms with E-state index in [0.29, 0.717) is 13.0 Å². The number of fused-ring (bicyclic) bond motifs is 1. The fraction of sp³-hybridized carbons (Fsp3) is 0.471. The van der Waals surface area contributed by atoms with Crippen LogP contribution in [0.2, 0.25) is 0 Å². The zero-order valence-electron chi connectivity index (χ0n) is 13.0. The van der Waals surface area contributed by atoms with Crippen molar-refractivity contribution in [2.75, 3.05) is 13.6 Å². The summed E-state index contributed by atoms with van der Waals surface area (Å²) in [5.74, 6) is -1.88. The van der Waals surface area contributed by atoms with Crippen molar-refractivity contribution in [3.63, 3.8) is 0 Å². The summed E-state index contributed by atoms with van der Waals surface area (Å²) in [4.78, 5) is 37.7. The average Bonchev–Trinajstić information content (AvgIpc) is 2.89. The third kappa shape index (κ3) is 2.81. The van der Waals surface area contributed by atoms with Gasteiger partial charge in [-0.3, -0.25) is 9.59 Å². The summed E-state index contributed by atoms with van der Waals surface area (Å²) in [6.07, 6.45) is 1.28. The van der Waals surface area contributed by atoms with Crippen molar-refractivity contribution in [3.05, 3.63) is 35.4 Å². The van der Waals surface area contributed by atoms with Crippen LogP contribution >= 0.6 is 0 Å². The van der Waals surface area contributed by atoms with E-state index in [4.69, 9.17) is 0 Å². The Bertz CT molecular complexity index is 645. The lowest BCUT2D eigenvalue weighted by Crippen LogP contribution is -2.57. The summed E-state index contributed by atoms with van der Waals surface area (Å²) in [7, 11) is 1.71. The van der Waals surface area contributed by atoms with E-state index in [9.17, 15) is 19.5 Å². The van der Waals surface area contributed by atoms with Gasteiger partial charge < -0.3 is 15.3 Å². The molecule has 1 aliphatic heterocycles. The normalized spacial score (nSPS) is 22.6. The largest absolute Gasteiger partial charge is 0.479 e. The number of likely N-dealkylation sites (tertiary alicyclic amines) is 1. The molecule has 1 fully saturated rings. The Morgan fingerprint density at radius 1 is 1.26 bits per heavy atom. The highest BCUT2D eigenvalue weighted by molar-refractivity contribution is 5.92. The Morgan fingerprint density at radius 2 is 1.87 bits per heavy atom. The van der Waals surface area contributed by atoms with Gasteiger partial charge in [-0.25, -0.2) is 4.79 Å². The topological polar surface area (TPSA) is 86.7 Å². The number of benzene rings is 1. The zero-order chi connectivity index (χ0) is 16.6. The molecule has 0 unspecified atom stereocenters. The molecule has 1 saturated heterocycles. The predicted molar refractivity (Wildman–Crippen MR) is 82.7 cm³/mol. The smallest absolute Gasteiger partial charge is 0.330 e. The van der Waals surface area contributed by atoms with Crippen molar-refractivity contribution in [3.8, 4) is 0 Å². The molecule has 6 nitrogen and oxygen atoms in total. The number of nitrogens with one attached hydrogen (secondary N) is 1. The first-order chi connectivity index (χ1) is 10.9. The second-order valence-electron chi connectivity index (χ2n) is 6.50. The number of aliphatic carboxylic acids is 1. The van der Waals surface area contributed by atoms with Crippen LogP contribution in [-0.2, 0) is 27.2 Å². The van der Waals surface area contributed by atoms with Crippen LogP contribution in [0.1, 0.15) is 24.0 Å². The molecule has 0 saturated carbocycles. The number of amides is 2. The van der Waals surface area contributed by atoms with E-state index in [-0.39, 0.29) is 31.1 Å². The lowest BCUT2D eigenvalue weighted by molar-refractivity contribution is -0.149. The van der Waals surface area contributed by atoms with Crippen LogP contribution in [0.4, 0.5) is 0 Å². The lowest BCUT2D eigenvalue weighted by Gasteiger charge is -2.31. The molecule has 3 rings (SSSR count). The molecule has 2 N–H and O–H groups in total. The number of carbonyl (C=O) groups excluding carboxylic acids is 2. The Kier molecular flexibility index (Phi) is 3.83. The van der Waals surface area contributed by atoms with Crippen LogP contribution in [-0.4, -0.2) is 46.9 Å². The number of rotatable bonds is 3. The summed E-state index contributed by atoms with van der Waals surface area (Å²) in [6.45, 7) is 0.525. The van der Waals surface area contributed by atoms with Crippen LogP contribution < -0.4 is 5.32 Å². The molecule has 1 aromatic rings. The van der Waals surface area contributed by atoms with Crippen molar-refractivity contribution in [1.82, 2.24) is 10.2 Å². The quantitative estimate of drug-likeness (QED) is 0.854. The molecule has 1 heterocycles. The van der Waals surface area contributed by atoms with Crippen LogP contribution in [0.3, 0.4) is 0 Å². The molecule has 2 aliphatic rings. The van der Waals surface area contributed by atoms with Gasteiger partial charge in [0, 0.05) is 38.8 Å². The standard InChI is InChI=1S/C17H20N2O4/c1-19-7-6-11(8-14(19)20)15(21)18-17(16(22)23)9-12-4-2-3-5-13(12)10-17/h2-5,11H,6-10H2,1H3,(H,18,21)(H,22,23)/t11-/m1/s1. The highest BCUT2D eigenvalue weighted by Crippen LogP contribution is 2.31. The van der Waals surface area contributed by atoms with E-state index in [1.807, 2.05) is 24.3 Å². The van der Waals surface area contributed by atoms with Gasteiger partial charge >= 0.3 is 5.97 Å². The highest BCUT2D eigenvalue weighted by atomic mass is 16.4. The number of carboxylic acid groups (broad SMARTS) is 1. The maximum absolute atomic E-state index is 12.5. The highest BCUT2D eigenvalue weighted by Gasteiger charge is 2.46. The first kappa shape index (κ1) is 15.5. The molecule has 1 aliphatic carbocycles. The van der Waals surface area contributed by atoms with Gasteiger partial charge in [-0.05, 0) is 17.5 Å². The van der Waals surface area contributed by atoms with E-state index in [1.54, 1.807) is 11.9 Å².